The zero-order valence-electron chi connectivity index (χ0n) is 12.5. The van der Waals surface area contributed by atoms with Crippen LogP contribution in [0.25, 0.3) is 0 Å². The summed E-state index contributed by atoms with van der Waals surface area (Å²) >= 11 is 18.3. The minimum Gasteiger partial charge on any atom is -0.340 e. The highest BCUT2D eigenvalue weighted by Gasteiger charge is 2.47. The summed E-state index contributed by atoms with van der Waals surface area (Å²) in [5, 5.41) is 1.17. The number of rotatable bonds is 4. The average molecular weight is 373 g/mol. The van der Waals surface area contributed by atoms with E-state index in [4.69, 9.17) is 44.3 Å². The molecule has 1 aromatic carbocycles. The number of alkyl halides is 1. The Balaban J connectivity index is 2.00. The molecule has 1 aliphatic heterocycles. The van der Waals surface area contributed by atoms with Crippen LogP contribution in [0.3, 0.4) is 0 Å². The van der Waals surface area contributed by atoms with Crippen molar-refractivity contribution in [2.75, 3.05) is 5.88 Å². The van der Waals surface area contributed by atoms with Gasteiger partial charge in [-0.25, -0.2) is 0 Å². The molecular formula is C17H16Cl3NO2. The van der Waals surface area contributed by atoms with Gasteiger partial charge in [0.25, 0.3) is 0 Å². The minimum absolute atomic E-state index is 0.126. The van der Waals surface area contributed by atoms with E-state index in [1.54, 1.807) is 24.5 Å². The van der Waals surface area contributed by atoms with Crippen molar-refractivity contribution in [1.29, 1.82) is 0 Å². The fraction of sp³-hybridized carbons (Fsp3) is 0.353. The van der Waals surface area contributed by atoms with Crippen molar-refractivity contribution in [2.45, 2.75) is 31.3 Å². The van der Waals surface area contributed by atoms with Crippen molar-refractivity contribution in [2.24, 2.45) is 0 Å². The highest BCUT2D eigenvalue weighted by atomic mass is 35.5. The number of hydrogen-bond acceptors (Lipinski definition) is 3. The summed E-state index contributed by atoms with van der Waals surface area (Å²) in [7, 11) is 0. The van der Waals surface area contributed by atoms with Crippen molar-refractivity contribution >= 4 is 34.8 Å². The van der Waals surface area contributed by atoms with Crippen LogP contribution in [0.2, 0.25) is 10.0 Å². The summed E-state index contributed by atoms with van der Waals surface area (Å²) < 4.78 is 12.4. The first-order valence-electron chi connectivity index (χ1n) is 7.30. The van der Waals surface area contributed by atoms with E-state index in [1.807, 2.05) is 25.1 Å². The van der Waals surface area contributed by atoms with Gasteiger partial charge in [-0.2, -0.15) is 0 Å². The standard InChI is InChI=1S/C17H16Cl3NO2/c1-11-16(9-18)23-17(22-11,13-3-2-6-21-10-13)8-12-4-5-14(19)7-15(12)20/h2-7,10-11,16H,8-9H2,1H3. The van der Waals surface area contributed by atoms with Gasteiger partial charge in [0.05, 0.1) is 12.0 Å². The van der Waals surface area contributed by atoms with Crippen LogP contribution in [0, 0.1) is 0 Å². The van der Waals surface area contributed by atoms with Crippen LogP contribution in [0.15, 0.2) is 42.7 Å². The van der Waals surface area contributed by atoms with E-state index in [1.165, 1.54) is 0 Å². The highest BCUT2D eigenvalue weighted by Crippen LogP contribution is 2.41. The van der Waals surface area contributed by atoms with Crippen LogP contribution in [0.4, 0.5) is 0 Å². The summed E-state index contributed by atoms with van der Waals surface area (Å²) in [5.74, 6) is -0.595. The van der Waals surface area contributed by atoms with Gasteiger partial charge in [0.1, 0.15) is 6.10 Å². The Morgan fingerprint density at radius 2 is 2.04 bits per heavy atom. The van der Waals surface area contributed by atoms with Crippen LogP contribution >= 0.6 is 34.8 Å². The van der Waals surface area contributed by atoms with Gasteiger partial charge in [-0.15, -0.1) is 11.6 Å². The van der Waals surface area contributed by atoms with Gasteiger partial charge in [0.2, 0.25) is 5.79 Å². The normalized spacial score (nSPS) is 27.3. The molecule has 1 aliphatic rings. The molecular weight excluding hydrogens is 357 g/mol. The van der Waals surface area contributed by atoms with Crippen LogP contribution in [-0.4, -0.2) is 23.1 Å². The van der Waals surface area contributed by atoms with Crippen molar-refractivity contribution < 1.29 is 9.47 Å². The van der Waals surface area contributed by atoms with E-state index >= 15 is 0 Å². The highest BCUT2D eigenvalue weighted by molar-refractivity contribution is 6.35. The summed E-state index contributed by atoms with van der Waals surface area (Å²) in [6, 6.07) is 9.18. The number of aromatic nitrogens is 1. The Kier molecular flexibility index (Phi) is 5.14. The smallest absolute Gasteiger partial charge is 0.201 e. The molecule has 0 bridgehead atoms. The lowest BCUT2D eigenvalue weighted by molar-refractivity contribution is -0.181. The van der Waals surface area contributed by atoms with Crippen molar-refractivity contribution in [3.05, 3.63) is 63.9 Å². The van der Waals surface area contributed by atoms with Crippen LogP contribution in [0.1, 0.15) is 18.1 Å². The van der Waals surface area contributed by atoms with E-state index in [0.717, 1.165) is 11.1 Å². The molecule has 6 heteroatoms. The molecule has 0 aliphatic carbocycles. The Bertz CT molecular complexity index is 683. The lowest BCUT2D eigenvalue weighted by atomic mass is 9.98. The molecule has 2 aromatic rings. The largest absolute Gasteiger partial charge is 0.340 e. The van der Waals surface area contributed by atoms with Crippen molar-refractivity contribution in [3.8, 4) is 0 Å². The number of halogens is 3. The van der Waals surface area contributed by atoms with Gasteiger partial charge < -0.3 is 9.47 Å². The van der Waals surface area contributed by atoms with E-state index < -0.39 is 5.79 Å². The Labute approximate surface area is 150 Å². The summed E-state index contributed by atoms with van der Waals surface area (Å²) in [4.78, 5) is 4.18. The van der Waals surface area contributed by atoms with Gasteiger partial charge in [0, 0.05) is 34.4 Å². The van der Waals surface area contributed by atoms with E-state index in [2.05, 4.69) is 4.98 Å². The van der Waals surface area contributed by atoms with Gasteiger partial charge >= 0.3 is 0 Å². The molecule has 122 valence electrons. The second-order valence-electron chi connectivity index (χ2n) is 5.54. The van der Waals surface area contributed by atoms with Gasteiger partial charge in [0.15, 0.2) is 0 Å². The monoisotopic (exact) mass is 371 g/mol. The summed E-state index contributed by atoms with van der Waals surface area (Å²) in [6.07, 6.45) is 3.59. The van der Waals surface area contributed by atoms with Crippen LogP contribution in [-0.2, 0) is 21.7 Å². The lowest BCUT2D eigenvalue weighted by Gasteiger charge is -2.29. The molecule has 0 saturated carbocycles. The number of ether oxygens (including phenoxy) is 2. The number of hydrogen-bond donors (Lipinski definition) is 0. The number of pyridine rings is 1. The van der Waals surface area contributed by atoms with Crippen LogP contribution < -0.4 is 0 Å². The third kappa shape index (κ3) is 3.49. The molecule has 0 spiro atoms. The molecule has 2 heterocycles. The van der Waals surface area contributed by atoms with Gasteiger partial charge in [-0.05, 0) is 30.7 Å². The zero-order chi connectivity index (χ0) is 16.4. The maximum Gasteiger partial charge on any atom is 0.201 e. The summed E-state index contributed by atoms with van der Waals surface area (Å²) in [6.45, 7) is 1.95. The molecule has 3 nitrogen and oxygen atoms in total. The molecule has 0 N–H and O–H groups in total. The van der Waals surface area contributed by atoms with Gasteiger partial charge in [-0.3, -0.25) is 4.98 Å². The molecule has 0 amide bonds. The van der Waals surface area contributed by atoms with Crippen molar-refractivity contribution in [1.82, 2.24) is 4.98 Å². The fourth-order valence-electron chi connectivity index (χ4n) is 2.73. The fourth-order valence-corrected chi connectivity index (χ4v) is 3.52. The maximum absolute atomic E-state index is 6.33. The van der Waals surface area contributed by atoms with E-state index in [9.17, 15) is 0 Å². The first kappa shape index (κ1) is 17.0. The first-order valence-corrected chi connectivity index (χ1v) is 8.59. The van der Waals surface area contributed by atoms with E-state index in [-0.39, 0.29) is 12.2 Å². The molecule has 3 atom stereocenters. The number of nitrogens with zero attached hydrogens (tertiary/aromatic N) is 1. The second kappa shape index (κ2) is 6.96. The molecule has 1 aromatic heterocycles. The van der Waals surface area contributed by atoms with E-state index in [0.29, 0.717) is 22.3 Å². The molecule has 1 saturated heterocycles. The van der Waals surface area contributed by atoms with Crippen LogP contribution in [0.5, 0.6) is 0 Å². The molecule has 0 radical (unpaired) electrons. The first-order chi connectivity index (χ1) is 11.0. The lowest BCUT2D eigenvalue weighted by Crippen LogP contribution is -2.31. The quantitative estimate of drug-likeness (QED) is 0.721. The minimum atomic E-state index is -0.954. The Morgan fingerprint density at radius 1 is 1.22 bits per heavy atom. The molecule has 1 fully saturated rings. The predicted molar refractivity (Wildman–Crippen MR) is 92.2 cm³/mol. The molecule has 23 heavy (non-hydrogen) atoms. The maximum atomic E-state index is 6.33. The molecule has 3 rings (SSSR count). The third-order valence-electron chi connectivity index (χ3n) is 3.93. The second-order valence-corrected chi connectivity index (χ2v) is 6.69. The Morgan fingerprint density at radius 3 is 2.65 bits per heavy atom. The predicted octanol–water partition coefficient (Wildman–Crippen LogP) is 4.83. The number of benzene rings is 1. The zero-order valence-corrected chi connectivity index (χ0v) is 14.8. The third-order valence-corrected chi connectivity index (χ3v) is 4.82. The average Bonchev–Trinajstić information content (AvgIpc) is 2.88. The van der Waals surface area contributed by atoms with Gasteiger partial charge in [-0.1, -0.05) is 35.3 Å². The SMILES string of the molecule is CC1OC(Cc2ccc(Cl)cc2Cl)(c2cccnc2)OC1CCl. The Hall–Kier alpha value is -0.840. The molecule has 3 unspecified atom stereocenters. The topological polar surface area (TPSA) is 31.4 Å². The summed E-state index contributed by atoms with van der Waals surface area (Å²) in [5.41, 5.74) is 1.73. The van der Waals surface area contributed by atoms with Crippen molar-refractivity contribution in [3.63, 3.8) is 0 Å².